The lowest BCUT2D eigenvalue weighted by Crippen LogP contribution is -2.55. The molecule has 166 valence electrons. The van der Waals surface area contributed by atoms with Crippen LogP contribution in [-0.4, -0.2) is 99.4 Å². The largest absolute Gasteiger partial charge is 0.450 e. The second-order valence-electron chi connectivity index (χ2n) is 7.32. The Bertz CT molecular complexity index is 701. The van der Waals surface area contributed by atoms with Crippen molar-refractivity contribution in [3.8, 4) is 0 Å². The third-order valence-electron chi connectivity index (χ3n) is 5.51. The highest BCUT2D eigenvalue weighted by Crippen LogP contribution is 2.22. The highest BCUT2D eigenvalue weighted by molar-refractivity contribution is 5.80. The molecule has 30 heavy (non-hydrogen) atoms. The Morgan fingerprint density at radius 3 is 2.37 bits per heavy atom. The van der Waals surface area contributed by atoms with E-state index in [0.29, 0.717) is 52.5 Å². The lowest BCUT2D eigenvalue weighted by molar-refractivity contribution is 0.0168. The molecule has 0 bridgehead atoms. The molecule has 2 fully saturated rings. The first-order valence-corrected chi connectivity index (χ1v) is 10.6. The Morgan fingerprint density at radius 2 is 1.77 bits per heavy atom. The molecule has 1 unspecified atom stereocenters. The van der Waals surface area contributed by atoms with Gasteiger partial charge in [0.05, 0.1) is 25.9 Å². The molecule has 2 heterocycles. The summed E-state index contributed by atoms with van der Waals surface area (Å²) in [4.78, 5) is 22.6. The normalized spacial score (nSPS) is 19.5. The van der Waals surface area contributed by atoms with Crippen molar-refractivity contribution in [3.05, 3.63) is 35.6 Å². The number of carbonyl (C=O) groups excluding carboxylic acids is 1. The quantitative estimate of drug-likeness (QED) is 0.575. The van der Waals surface area contributed by atoms with Crippen LogP contribution in [0.1, 0.15) is 18.5 Å². The standard InChI is InChI=1S/C21H32FN5O3/c1-3-30-21(28)27-10-8-26(9-11-27)20(23-2)24-16-19(25-12-14-29-15-13-25)17-4-6-18(22)7-5-17/h4-7,19H,3,8-16H2,1-2H3,(H,23,24). The van der Waals surface area contributed by atoms with Crippen molar-refractivity contribution in [3.63, 3.8) is 0 Å². The first kappa shape index (κ1) is 22.3. The summed E-state index contributed by atoms with van der Waals surface area (Å²) in [6, 6.07) is 6.79. The number of rotatable bonds is 5. The maximum atomic E-state index is 13.4. The molecule has 0 spiro atoms. The highest BCUT2D eigenvalue weighted by Gasteiger charge is 2.26. The van der Waals surface area contributed by atoms with E-state index < -0.39 is 0 Å². The van der Waals surface area contributed by atoms with Gasteiger partial charge in [-0.25, -0.2) is 9.18 Å². The van der Waals surface area contributed by atoms with Crippen LogP contribution >= 0.6 is 0 Å². The number of nitrogens with one attached hydrogen (secondary N) is 1. The number of halogens is 1. The third-order valence-corrected chi connectivity index (χ3v) is 5.51. The van der Waals surface area contributed by atoms with Crippen LogP contribution < -0.4 is 5.32 Å². The number of benzene rings is 1. The molecule has 8 nitrogen and oxygen atoms in total. The SMILES string of the molecule is CCOC(=O)N1CCN(C(=NC)NCC(c2ccc(F)cc2)N2CCOCC2)CC1. The Balaban J connectivity index is 1.60. The van der Waals surface area contributed by atoms with E-state index in [1.54, 1.807) is 11.9 Å². The molecule has 1 aromatic rings. The maximum absolute atomic E-state index is 13.4. The van der Waals surface area contributed by atoms with Crippen molar-refractivity contribution in [2.75, 3.05) is 72.7 Å². The average Bonchev–Trinajstić information content (AvgIpc) is 2.79. The van der Waals surface area contributed by atoms with Crippen LogP contribution in [-0.2, 0) is 9.47 Å². The number of nitrogens with zero attached hydrogens (tertiary/aromatic N) is 4. The maximum Gasteiger partial charge on any atom is 0.409 e. The summed E-state index contributed by atoms with van der Waals surface area (Å²) >= 11 is 0. The van der Waals surface area contributed by atoms with Crippen LogP contribution in [0.5, 0.6) is 0 Å². The summed E-state index contributed by atoms with van der Waals surface area (Å²) in [5.74, 6) is 0.571. The molecular formula is C21H32FN5O3. The molecule has 9 heteroatoms. The van der Waals surface area contributed by atoms with Crippen molar-refractivity contribution >= 4 is 12.1 Å². The zero-order valence-electron chi connectivity index (χ0n) is 17.8. The summed E-state index contributed by atoms with van der Waals surface area (Å²) in [5, 5.41) is 3.48. The van der Waals surface area contributed by atoms with Gasteiger partial charge >= 0.3 is 6.09 Å². The van der Waals surface area contributed by atoms with Gasteiger partial charge in [-0.05, 0) is 24.6 Å². The van der Waals surface area contributed by atoms with Gasteiger partial charge in [0.2, 0.25) is 0 Å². The van der Waals surface area contributed by atoms with Gasteiger partial charge in [0, 0.05) is 52.9 Å². The van der Waals surface area contributed by atoms with E-state index in [1.165, 1.54) is 12.1 Å². The number of hydrogen-bond donors (Lipinski definition) is 1. The molecule has 0 aromatic heterocycles. The minimum absolute atomic E-state index is 0.0899. The van der Waals surface area contributed by atoms with Gasteiger partial charge in [-0.15, -0.1) is 0 Å². The molecule has 1 aromatic carbocycles. The number of piperazine rings is 1. The lowest BCUT2D eigenvalue weighted by Gasteiger charge is -2.38. The smallest absolute Gasteiger partial charge is 0.409 e. The van der Waals surface area contributed by atoms with Gasteiger partial charge in [0.15, 0.2) is 5.96 Å². The molecule has 1 N–H and O–H groups in total. The minimum Gasteiger partial charge on any atom is -0.450 e. The topological polar surface area (TPSA) is 69.6 Å². The molecule has 3 rings (SSSR count). The zero-order chi connectivity index (χ0) is 21.3. The van der Waals surface area contributed by atoms with E-state index >= 15 is 0 Å². The number of amides is 1. The molecule has 0 saturated carbocycles. The van der Waals surface area contributed by atoms with E-state index in [4.69, 9.17) is 9.47 Å². The number of guanidine groups is 1. The predicted octanol–water partition coefficient (Wildman–Crippen LogP) is 1.55. The van der Waals surface area contributed by atoms with E-state index in [-0.39, 0.29) is 18.0 Å². The Morgan fingerprint density at radius 1 is 1.13 bits per heavy atom. The number of carbonyl (C=O) groups is 1. The molecular weight excluding hydrogens is 389 g/mol. The molecule has 2 aliphatic rings. The molecule has 1 amide bonds. The summed E-state index contributed by atoms with van der Waals surface area (Å²) in [5.41, 5.74) is 1.06. The number of aliphatic imine (C=N–C) groups is 1. The van der Waals surface area contributed by atoms with Gasteiger partial charge in [0.25, 0.3) is 0 Å². The zero-order valence-corrected chi connectivity index (χ0v) is 17.8. The Hall–Kier alpha value is -2.39. The summed E-state index contributed by atoms with van der Waals surface area (Å²) in [7, 11) is 1.77. The number of hydrogen-bond acceptors (Lipinski definition) is 5. The van der Waals surface area contributed by atoms with Gasteiger partial charge < -0.3 is 24.6 Å². The van der Waals surface area contributed by atoms with Gasteiger partial charge in [-0.3, -0.25) is 9.89 Å². The van der Waals surface area contributed by atoms with E-state index in [0.717, 1.165) is 24.6 Å². The fourth-order valence-corrected chi connectivity index (χ4v) is 3.87. The minimum atomic E-state index is -0.260. The molecule has 2 saturated heterocycles. The molecule has 2 aliphatic heterocycles. The number of ether oxygens (including phenoxy) is 2. The first-order valence-electron chi connectivity index (χ1n) is 10.6. The molecule has 1 atom stereocenters. The summed E-state index contributed by atoms with van der Waals surface area (Å²) in [6.45, 7) is 8.49. The van der Waals surface area contributed by atoms with Gasteiger partial charge in [-0.2, -0.15) is 0 Å². The number of morpholine rings is 1. The lowest BCUT2D eigenvalue weighted by atomic mass is 10.0. The molecule has 0 aliphatic carbocycles. The van der Waals surface area contributed by atoms with E-state index in [1.807, 2.05) is 19.1 Å². The molecule has 0 radical (unpaired) electrons. The van der Waals surface area contributed by atoms with E-state index in [9.17, 15) is 9.18 Å². The van der Waals surface area contributed by atoms with E-state index in [2.05, 4.69) is 20.1 Å². The summed E-state index contributed by atoms with van der Waals surface area (Å²) < 4.78 is 24.0. The van der Waals surface area contributed by atoms with Crippen molar-refractivity contribution in [2.45, 2.75) is 13.0 Å². The highest BCUT2D eigenvalue weighted by atomic mass is 19.1. The van der Waals surface area contributed by atoms with Crippen molar-refractivity contribution < 1.29 is 18.7 Å². The monoisotopic (exact) mass is 421 g/mol. The average molecular weight is 422 g/mol. The Kier molecular flexibility index (Phi) is 8.27. The van der Waals surface area contributed by atoms with Crippen molar-refractivity contribution in [2.24, 2.45) is 4.99 Å². The van der Waals surface area contributed by atoms with Gasteiger partial charge in [0.1, 0.15) is 5.82 Å². The Labute approximate surface area is 177 Å². The van der Waals surface area contributed by atoms with Crippen LogP contribution in [0.3, 0.4) is 0 Å². The van der Waals surface area contributed by atoms with Crippen LogP contribution in [0.4, 0.5) is 9.18 Å². The summed E-state index contributed by atoms with van der Waals surface area (Å²) in [6.07, 6.45) is -0.260. The fourth-order valence-electron chi connectivity index (χ4n) is 3.87. The van der Waals surface area contributed by atoms with Crippen LogP contribution in [0, 0.1) is 5.82 Å². The van der Waals surface area contributed by atoms with Gasteiger partial charge in [-0.1, -0.05) is 12.1 Å². The van der Waals surface area contributed by atoms with Crippen molar-refractivity contribution in [1.29, 1.82) is 0 Å². The third kappa shape index (κ3) is 5.82. The second-order valence-corrected chi connectivity index (χ2v) is 7.32. The van der Waals surface area contributed by atoms with Crippen LogP contribution in [0.25, 0.3) is 0 Å². The van der Waals surface area contributed by atoms with Crippen molar-refractivity contribution in [1.82, 2.24) is 20.0 Å². The van der Waals surface area contributed by atoms with Crippen LogP contribution in [0.15, 0.2) is 29.3 Å². The fraction of sp³-hybridized carbons (Fsp3) is 0.619. The van der Waals surface area contributed by atoms with Crippen LogP contribution in [0.2, 0.25) is 0 Å². The second kappa shape index (κ2) is 11.1. The predicted molar refractivity (Wildman–Crippen MR) is 113 cm³/mol. The first-order chi connectivity index (χ1) is 14.6.